The van der Waals surface area contributed by atoms with E-state index in [0.29, 0.717) is 11.7 Å². The molecule has 0 aliphatic heterocycles. The van der Waals surface area contributed by atoms with Gasteiger partial charge in [0, 0.05) is 20.7 Å². The zero-order valence-corrected chi connectivity index (χ0v) is 9.69. The third kappa shape index (κ3) is 2.46. The summed E-state index contributed by atoms with van der Waals surface area (Å²) in [6.07, 6.45) is 3.15. The molecule has 4 unspecified atom stereocenters. The first kappa shape index (κ1) is 11.0. The molecule has 0 heterocycles. The second-order valence-electron chi connectivity index (χ2n) is 4.40. The van der Waals surface area contributed by atoms with E-state index in [-0.39, 0.29) is 5.25 Å². The molecule has 3 heteroatoms. The molecule has 1 fully saturated rings. The van der Waals surface area contributed by atoms with Crippen molar-refractivity contribution in [2.45, 2.75) is 45.3 Å². The molecule has 1 aliphatic carbocycles. The molecule has 0 aromatic rings. The molecule has 1 rings (SSSR count). The van der Waals surface area contributed by atoms with Gasteiger partial charge in [0.05, 0.1) is 0 Å². The largest absolute Gasteiger partial charge is 0.253 e. The van der Waals surface area contributed by atoms with E-state index in [9.17, 15) is 4.21 Å². The minimum Gasteiger partial charge on any atom is -0.253 e. The lowest BCUT2D eigenvalue weighted by Gasteiger charge is -2.32. The van der Waals surface area contributed by atoms with E-state index in [0.717, 1.165) is 25.2 Å². The molecule has 0 saturated heterocycles. The molecular weight excluding hydrogens is 182 g/mol. The summed E-state index contributed by atoms with van der Waals surface area (Å²) in [6, 6.07) is 0. The van der Waals surface area contributed by atoms with Crippen LogP contribution in [-0.4, -0.2) is 15.2 Å². The third-order valence-corrected chi connectivity index (χ3v) is 5.88. The summed E-state index contributed by atoms with van der Waals surface area (Å²) < 4.78 is 19.6. The van der Waals surface area contributed by atoms with Gasteiger partial charge in [-0.15, -0.1) is 0 Å². The molecule has 1 saturated carbocycles. The van der Waals surface area contributed by atoms with Crippen LogP contribution in [0.4, 0.5) is 0 Å². The second-order valence-corrected chi connectivity index (χ2v) is 7.10. The Labute approximate surface area is 82.1 Å². The van der Waals surface area contributed by atoms with Gasteiger partial charge in [0.2, 0.25) is 0 Å². The van der Waals surface area contributed by atoms with Crippen LogP contribution < -0.4 is 0 Å². The highest BCUT2D eigenvalue weighted by Crippen LogP contribution is 2.33. The third-order valence-electron chi connectivity index (χ3n) is 3.52. The predicted molar refractivity (Wildman–Crippen MR) is 57.4 cm³/mol. The van der Waals surface area contributed by atoms with Crippen LogP contribution in [0.2, 0.25) is 0 Å². The average Bonchev–Trinajstić information content (AvgIpc) is 2.09. The molecular formula is C10H21NOS. The van der Waals surface area contributed by atoms with Gasteiger partial charge in [-0.1, -0.05) is 20.8 Å². The second kappa shape index (κ2) is 3.99. The van der Waals surface area contributed by atoms with Gasteiger partial charge in [-0.2, -0.15) is 0 Å². The average molecular weight is 203 g/mol. The fourth-order valence-electron chi connectivity index (χ4n) is 2.08. The van der Waals surface area contributed by atoms with E-state index >= 15 is 0 Å². The van der Waals surface area contributed by atoms with Crippen LogP contribution in [0.1, 0.15) is 40.0 Å². The molecule has 13 heavy (non-hydrogen) atoms. The van der Waals surface area contributed by atoms with Crippen molar-refractivity contribution in [3.8, 4) is 0 Å². The zero-order chi connectivity index (χ0) is 10.1. The number of hydrogen-bond acceptors (Lipinski definition) is 2. The summed E-state index contributed by atoms with van der Waals surface area (Å²) >= 11 is 0. The summed E-state index contributed by atoms with van der Waals surface area (Å²) in [6.45, 7) is 6.36. The number of nitrogens with one attached hydrogen (secondary N) is 1. The van der Waals surface area contributed by atoms with Crippen LogP contribution in [0.5, 0.6) is 0 Å². The molecule has 0 aromatic carbocycles. The molecule has 0 amide bonds. The molecule has 0 bridgehead atoms. The van der Waals surface area contributed by atoms with Crippen molar-refractivity contribution in [2.75, 3.05) is 5.75 Å². The highest BCUT2D eigenvalue weighted by Gasteiger charge is 2.29. The van der Waals surface area contributed by atoms with Gasteiger partial charge in [-0.05, 0) is 31.1 Å². The molecule has 1 aliphatic rings. The van der Waals surface area contributed by atoms with Crippen molar-refractivity contribution >= 4 is 9.73 Å². The molecule has 0 radical (unpaired) electrons. The fourth-order valence-corrected chi connectivity index (χ4v) is 3.68. The van der Waals surface area contributed by atoms with Crippen molar-refractivity contribution in [1.29, 1.82) is 4.78 Å². The van der Waals surface area contributed by atoms with E-state index in [2.05, 4.69) is 13.8 Å². The van der Waals surface area contributed by atoms with Crippen molar-refractivity contribution in [3.05, 3.63) is 0 Å². The first-order chi connectivity index (χ1) is 5.97. The maximum Gasteiger partial charge on any atom is 0.0467 e. The first-order valence-electron chi connectivity index (χ1n) is 5.22. The number of rotatable bonds is 2. The fraction of sp³-hybridized carbons (Fsp3) is 1.00. The highest BCUT2D eigenvalue weighted by atomic mass is 32.2. The Balaban J connectivity index is 2.66. The lowest BCUT2D eigenvalue weighted by atomic mass is 9.81. The van der Waals surface area contributed by atoms with Gasteiger partial charge in [0.15, 0.2) is 0 Å². The molecule has 78 valence electrons. The summed E-state index contributed by atoms with van der Waals surface area (Å²) in [5.74, 6) is 1.93. The molecule has 4 atom stereocenters. The van der Waals surface area contributed by atoms with Crippen molar-refractivity contribution in [1.82, 2.24) is 0 Å². The van der Waals surface area contributed by atoms with Gasteiger partial charge in [0.25, 0.3) is 0 Å². The maximum absolute atomic E-state index is 11.8. The van der Waals surface area contributed by atoms with E-state index in [1.807, 2.05) is 6.92 Å². The summed E-state index contributed by atoms with van der Waals surface area (Å²) in [4.78, 5) is 0. The van der Waals surface area contributed by atoms with E-state index in [1.165, 1.54) is 0 Å². The van der Waals surface area contributed by atoms with Gasteiger partial charge in [-0.3, -0.25) is 4.78 Å². The van der Waals surface area contributed by atoms with E-state index in [1.54, 1.807) is 0 Å². The Hall–Kier alpha value is -0.0500. The standard InChI is InChI=1S/C10H21NOS/c1-4-13(11,12)10-6-5-8(2)9(3)7-10/h8-11H,4-7H2,1-3H3. The monoisotopic (exact) mass is 203 g/mol. The Bertz CT molecular complexity index is 258. The minimum absolute atomic E-state index is 0.170. The Morgan fingerprint density at radius 1 is 1.31 bits per heavy atom. The van der Waals surface area contributed by atoms with Crippen LogP contribution in [0.3, 0.4) is 0 Å². The van der Waals surface area contributed by atoms with E-state index in [4.69, 9.17) is 4.78 Å². The summed E-state index contributed by atoms with van der Waals surface area (Å²) in [5, 5.41) is 0.170. The van der Waals surface area contributed by atoms with Crippen LogP contribution >= 0.6 is 0 Å². The van der Waals surface area contributed by atoms with Crippen molar-refractivity contribution < 1.29 is 4.21 Å². The van der Waals surface area contributed by atoms with Crippen LogP contribution in [0, 0.1) is 16.6 Å². The normalized spacial score (nSPS) is 39.8. The van der Waals surface area contributed by atoms with E-state index < -0.39 is 9.73 Å². The van der Waals surface area contributed by atoms with Crippen LogP contribution in [0.15, 0.2) is 0 Å². The number of hydrogen-bond donors (Lipinski definition) is 1. The molecule has 0 aromatic heterocycles. The zero-order valence-electron chi connectivity index (χ0n) is 8.88. The summed E-state index contributed by atoms with van der Waals surface area (Å²) in [5.41, 5.74) is 0. The first-order valence-corrected chi connectivity index (χ1v) is 7.01. The molecule has 0 spiro atoms. The van der Waals surface area contributed by atoms with Crippen molar-refractivity contribution in [2.24, 2.45) is 11.8 Å². The smallest absolute Gasteiger partial charge is 0.0467 e. The molecule has 1 N–H and O–H groups in total. The minimum atomic E-state index is -2.28. The highest BCUT2D eigenvalue weighted by molar-refractivity contribution is 7.93. The van der Waals surface area contributed by atoms with Gasteiger partial charge >= 0.3 is 0 Å². The Morgan fingerprint density at radius 2 is 1.92 bits per heavy atom. The Kier molecular flexibility index (Phi) is 3.38. The summed E-state index contributed by atoms with van der Waals surface area (Å²) in [7, 11) is -2.28. The van der Waals surface area contributed by atoms with Crippen molar-refractivity contribution in [3.63, 3.8) is 0 Å². The Morgan fingerprint density at radius 3 is 2.38 bits per heavy atom. The molecule has 2 nitrogen and oxygen atoms in total. The van der Waals surface area contributed by atoms with Gasteiger partial charge in [-0.25, -0.2) is 4.21 Å². The van der Waals surface area contributed by atoms with Crippen LogP contribution in [0.25, 0.3) is 0 Å². The van der Waals surface area contributed by atoms with Crippen LogP contribution in [-0.2, 0) is 9.73 Å². The lowest BCUT2D eigenvalue weighted by Crippen LogP contribution is -2.31. The predicted octanol–water partition coefficient (Wildman–Crippen LogP) is 2.88. The SMILES string of the molecule is CCS(=N)(=O)C1CCC(C)C(C)C1. The quantitative estimate of drug-likeness (QED) is 0.736. The maximum atomic E-state index is 11.8. The van der Waals surface area contributed by atoms with Gasteiger partial charge in [0.1, 0.15) is 0 Å². The lowest BCUT2D eigenvalue weighted by molar-refractivity contribution is 0.280. The topological polar surface area (TPSA) is 40.9 Å². The van der Waals surface area contributed by atoms with Gasteiger partial charge < -0.3 is 0 Å².